The molecule has 1 aromatic heterocycles. The summed E-state index contributed by atoms with van der Waals surface area (Å²) in [5, 5.41) is 0. The van der Waals surface area contributed by atoms with Crippen LogP contribution in [0.25, 0.3) is 0 Å². The number of hydrogen-bond donors (Lipinski definition) is 1. The number of methoxy groups -OCH3 is 1. The normalized spacial score (nSPS) is 11.7. The fourth-order valence-electron chi connectivity index (χ4n) is 1.57. The van der Waals surface area contributed by atoms with E-state index in [9.17, 15) is 14.4 Å². The van der Waals surface area contributed by atoms with Gasteiger partial charge in [-0.3, -0.25) is 14.4 Å². The molecular weight excluding hydrogens is 236 g/mol. The average Bonchev–Trinajstić information content (AvgIpc) is 2.36. The molecule has 1 heterocycles. The summed E-state index contributed by atoms with van der Waals surface area (Å²) < 4.78 is 4.59. The second-order valence-electron chi connectivity index (χ2n) is 4.05. The molecule has 1 N–H and O–H groups in total. The van der Waals surface area contributed by atoms with Gasteiger partial charge in [-0.25, -0.2) is 0 Å². The smallest absolute Gasteiger partial charge is 0.310 e. The predicted octanol–water partition coefficient (Wildman–Crippen LogP) is 0.256. The molecule has 0 radical (unpaired) electrons. The van der Waals surface area contributed by atoms with Gasteiger partial charge in [-0.2, -0.15) is 0 Å². The molecule has 0 saturated carbocycles. The van der Waals surface area contributed by atoms with Crippen molar-refractivity contribution in [2.24, 2.45) is 5.92 Å². The van der Waals surface area contributed by atoms with Gasteiger partial charge in [0.25, 0.3) is 5.91 Å². The second kappa shape index (κ2) is 6.00. The van der Waals surface area contributed by atoms with Crippen LogP contribution in [0.2, 0.25) is 0 Å². The number of carbonyl (C=O) groups is 2. The van der Waals surface area contributed by atoms with Gasteiger partial charge in [0.1, 0.15) is 0 Å². The van der Waals surface area contributed by atoms with E-state index in [-0.39, 0.29) is 24.0 Å². The highest BCUT2D eigenvalue weighted by atomic mass is 16.5. The number of carbonyl (C=O) groups excluding carboxylic acids is 2. The molecule has 18 heavy (non-hydrogen) atoms. The third-order valence-electron chi connectivity index (χ3n) is 2.52. The van der Waals surface area contributed by atoms with Crippen molar-refractivity contribution in [2.45, 2.75) is 6.92 Å². The number of nitrogens with one attached hydrogen (secondary N) is 1. The van der Waals surface area contributed by atoms with Gasteiger partial charge in [-0.15, -0.1) is 0 Å². The quantitative estimate of drug-likeness (QED) is 0.779. The van der Waals surface area contributed by atoms with Crippen molar-refractivity contribution >= 4 is 11.9 Å². The number of amides is 1. The molecule has 0 aromatic carbocycles. The lowest BCUT2D eigenvalue weighted by Gasteiger charge is -2.20. The number of pyridine rings is 1. The van der Waals surface area contributed by atoms with E-state index in [0.717, 1.165) is 0 Å². The summed E-state index contributed by atoms with van der Waals surface area (Å²) in [6, 6.07) is 2.74. The Morgan fingerprint density at radius 3 is 2.72 bits per heavy atom. The van der Waals surface area contributed by atoms with Crippen LogP contribution in [0, 0.1) is 5.92 Å². The van der Waals surface area contributed by atoms with E-state index in [0.29, 0.717) is 5.56 Å². The van der Waals surface area contributed by atoms with Crippen LogP contribution in [0.15, 0.2) is 23.1 Å². The fraction of sp³-hybridized carbons (Fsp3) is 0.417. The van der Waals surface area contributed by atoms with Crippen LogP contribution in [0.5, 0.6) is 0 Å². The molecule has 6 nitrogen and oxygen atoms in total. The van der Waals surface area contributed by atoms with Gasteiger partial charge in [0.05, 0.1) is 13.0 Å². The molecular formula is C12H16N2O4. The number of hydrogen-bond acceptors (Lipinski definition) is 4. The Hall–Kier alpha value is -2.11. The minimum Gasteiger partial charge on any atom is -0.469 e. The minimum atomic E-state index is -0.411. The van der Waals surface area contributed by atoms with Crippen LogP contribution in [-0.2, 0) is 9.53 Å². The third kappa shape index (κ3) is 3.44. The lowest BCUT2D eigenvalue weighted by Crippen LogP contribution is -2.34. The second-order valence-corrected chi connectivity index (χ2v) is 4.05. The molecule has 0 spiro atoms. The van der Waals surface area contributed by atoms with E-state index < -0.39 is 5.92 Å². The molecule has 0 aliphatic rings. The molecule has 0 bridgehead atoms. The lowest BCUT2D eigenvalue weighted by molar-refractivity contribution is -0.145. The van der Waals surface area contributed by atoms with Crippen molar-refractivity contribution in [1.82, 2.24) is 9.88 Å². The van der Waals surface area contributed by atoms with Crippen LogP contribution < -0.4 is 5.56 Å². The van der Waals surface area contributed by atoms with E-state index in [1.54, 1.807) is 14.0 Å². The van der Waals surface area contributed by atoms with Crippen molar-refractivity contribution in [3.63, 3.8) is 0 Å². The van der Waals surface area contributed by atoms with E-state index in [1.165, 1.54) is 30.3 Å². The SMILES string of the molecule is COC(=O)C(C)CN(C)C(=O)c1cc[nH]c(=O)c1. The summed E-state index contributed by atoms with van der Waals surface area (Å²) in [4.78, 5) is 38.1. The third-order valence-corrected chi connectivity index (χ3v) is 2.52. The van der Waals surface area contributed by atoms with E-state index in [4.69, 9.17) is 0 Å². The Kier molecular flexibility index (Phi) is 4.65. The maximum absolute atomic E-state index is 12.0. The zero-order chi connectivity index (χ0) is 13.7. The highest BCUT2D eigenvalue weighted by molar-refractivity contribution is 5.94. The molecule has 98 valence electrons. The Morgan fingerprint density at radius 1 is 1.50 bits per heavy atom. The molecule has 0 fully saturated rings. The molecule has 0 saturated heterocycles. The topological polar surface area (TPSA) is 79.5 Å². The average molecular weight is 252 g/mol. The largest absolute Gasteiger partial charge is 0.469 e. The standard InChI is InChI=1S/C12H16N2O4/c1-8(12(17)18-3)7-14(2)11(16)9-4-5-13-10(15)6-9/h4-6,8H,7H2,1-3H3,(H,13,15). The fourth-order valence-corrected chi connectivity index (χ4v) is 1.57. The van der Waals surface area contributed by atoms with Gasteiger partial charge in [0.15, 0.2) is 0 Å². The Morgan fingerprint density at radius 2 is 2.17 bits per heavy atom. The van der Waals surface area contributed by atoms with Crippen LogP contribution in [0.1, 0.15) is 17.3 Å². The molecule has 0 aliphatic heterocycles. The predicted molar refractivity (Wildman–Crippen MR) is 65.2 cm³/mol. The molecule has 1 amide bonds. The highest BCUT2D eigenvalue weighted by Gasteiger charge is 2.19. The first kappa shape index (κ1) is 14.0. The lowest BCUT2D eigenvalue weighted by atomic mass is 10.1. The summed E-state index contributed by atoms with van der Waals surface area (Å²) in [5.74, 6) is -1.09. The maximum Gasteiger partial charge on any atom is 0.310 e. The molecule has 1 atom stereocenters. The summed E-state index contributed by atoms with van der Waals surface area (Å²) in [6.45, 7) is 1.91. The van der Waals surface area contributed by atoms with Crippen molar-refractivity contribution in [1.29, 1.82) is 0 Å². The highest BCUT2D eigenvalue weighted by Crippen LogP contribution is 2.05. The van der Waals surface area contributed by atoms with Crippen molar-refractivity contribution < 1.29 is 14.3 Å². The number of ether oxygens (including phenoxy) is 1. The van der Waals surface area contributed by atoms with Crippen LogP contribution >= 0.6 is 0 Å². The number of rotatable bonds is 4. The van der Waals surface area contributed by atoms with Gasteiger partial charge in [0.2, 0.25) is 5.56 Å². The number of H-pyrrole nitrogens is 1. The molecule has 0 aliphatic carbocycles. The molecule has 1 aromatic rings. The van der Waals surface area contributed by atoms with Gasteiger partial charge in [-0.05, 0) is 6.07 Å². The monoisotopic (exact) mass is 252 g/mol. The van der Waals surface area contributed by atoms with E-state index in [2.05, 4.69) is 9.72 Å². The Labute approximate surface area is 105 Å². The van der Waals surface area contributed by atoms with E-state index >= 15 is 0 Å². The van der Waals surface area contributed by atoms with Crippen LogP contribution in [0.4, 0.5) is 0 Å². The van der Waals surface area contributed by atoms with Crippen molar-refractivity contribution in [3.8, 4) is 0 Å². The number of nitrogens with zero attached hydrogens (tertiary/aromatic N) is 1. The minimum absolute atomic E-state index is 0.234. The Balaban J connectivity index is 2.73. The van der Waals surface area contributed by atoms with E-state index in [1.807, 2.05) is 0 Å². The zero-order valence-electron chi connectivity index (χ0n) is 10.6. The molecule has 1 rings (SSSR count). The summed E-state index contributed by atoms with van der Waals surface area (Å²) in [7, 11) is 2.88. The van der Waals surface area contributed by atoms with Gasteiger partial charge in [-0.1, -0.05) is 6.92 Å². The number of esters is 1. The van der Waals surface area contributed by atoms with Gasteiger partial charge >= 0.3 is 5.97 Å². The van der Waals surface area contributed by atoms with Crippen molar-refractivity contribution in [3.05, 3.63) is 34.2 Å². The van der Waals surface area contributed by atoms with Gasteiger partial charge < -0.3 is 14.6 Å². The summed E-state index contributed by atoms with van der Waals surface area (Å²) in [5.41, 5.74) is -0.0476. The summed E-state index contributed by atoms with van der Waals surface area (Å²) in [6.07, 6.45) is 1.41. The molecule has 6 heteroatoms. The first-order chi connectivity index (χ1) is 8.45. The first-order valence-corrected chi connectivity index (χ1v) is 5.47. The van der Waals surface area contributed by atoms with Crippen molar-refractivity contribution in [2.75, 3.05) is 20.7 Å². The maximum atomic E-state index is 12.0. The summed E-state index contributed by atoms with van der Waals surface area (Å²) >= 11 is 0. The first-order valence-electron chi connectivity index (χ1n) is 5.47. The Bertz CT molecular complexity index is 495. The van der Waals surface area contributed by atoms with Gasteiger partial charge in [0, 0.05) is 31.4 Å². The zero-order valence-corrected chi connectivity index (χ0v) is 10.6. The number of aromatic nitrogens is 1. The van der Waals surface area contributed by atoms with Crippen LogP contribution in [0.3, 0.4) is 0 Å². The molecule has 1 unspecified atom stereocenters. The van der Waals surface area contributed by atoms with Crippen LogP contribution in [-0.4, -0.2) is 42.5 Å². The number of aromatic amines is 1.